The number of ether oxygens (including phenoxy) is 1. The van der Waals surface area contributed by atoms with E-state index in [0.29, 0.717) is 24.6 Å². The van der Waals surface area contributed by atoms with E-state index in [0.717, 1.165) is 17.7 Å². The molecule has 2 aromatic rings. The normalized spacial score (nSPS) is 16.1. The van der Waals surface area contributed by atoms with Crippen molar-refractivity contribution >= 4 is 17.4 Å². The van der Waals surface area contributed by atoms with E-state index < -0.39 is 5.60 Å². The predicted octanol–water partition coefficient (Wildman–Crippen LogP) is 5.67. The van der Waals surface area contributed by atoms with Crippen molar-refractivity contribution in [2.24, 2.45) is 0 Å². The van der Waals surface area contributed by atoms with Gasteiger partial charge in [0, 0.05) is 28.4 Å². The van der Waals surface area contributed by atoms with Crippen LogP contribution in [0.2, 0.25) is 0 Å². The lowest BCUT2D eigenvalue weighted by Gasteiger charge is -2.33. The molecule has 1 aliphatic rings. The van der Waals surface area contributed by atoms with Crippen molar-refractivity contribution < 1.29 is 13.9 Å². The maximum absolute atomic E-state index is 14.0. The first-order valence-corrected chi connectivity index (χ1v) is 9.48. The van der Waals surface area contributed by atoms with Gasteiger partial charge < -0.3 is 9.64 Å². The van der Waals surface area contributed by atoms with Gasteiger partial charge in [-0.3, -0.25) is 0 Å². The second kappa shape index (κ2) is 7.16. The zero-order valence-electron chi connectivity index (χ0n) is 14.9. The van der Waals surface area contributed by atoms with E-state index in [1.807, 2.05) is 39.0 Å². The molecule has 2 heterocycles. The second-order valence-electron chi connectivity index (χ2n) is 7.42. The molecule has 1 aromatic carbocycles. The SMILES string of the molecule is CC(C)(C)OC(=O)N1CCC(c2ccc(-c3ccccc3F)s2)CC1. The molecule has 1 aliphatic heterocycles. The highest BCUT2D eigenvalue weighted by molar-refractivity contribution is 7.15. The van der Waals surface area contributed by atoms with E-state index in [2.05, 4.69) is 6.07 Å². The summed E-state index contributed by atoms with van der Waals surface area (Å²) in [5, 5.41) is 0. The number of amides is 1. The van der Waals surface area contributed by atoms with Gasteiger partial charge in [0.1, 0.15) is 11.4 Å². The van der Waals surface area contributed by atoms with Crippen LogP contribution in [-0.4, -0.2) is 29.7 Å². The van der Waals surface area contributed by atoms with Crippen LogP contribution in [0.3, 0.4) is 0 Å². The van der Waals surface area contributed by atoms with Crippen LogP contribution in [0.25, 0.3) is 10.4 Å². The molecule has 0 unspecified atom stereocenters. The number of rotatable bonds is 2. The van der Waals surface area contributed by atoms with Crippen LogP contribution in [0, 0.1) is 5.82 Å². The highest BCUT2D eigenvalue weighted by Gasteiger charge is 2.28. The topological polar surface area (TPSA) is 29.5 Å². The van der Waals surface area contributed by atoms with E-state index in [-0.39, 0.29) is 11.9 Å². The van der Waals surface area contributed by atoms with Crippen molar-refractivity contribution in [3.63, 3.8) is 0 Å². The van der Waals surface area contributed by atoms with Crippen molar-refractivity contribution in [3.8, 4) is 10.4 Å². The van der Waals surface area contributed by atoms with Gasteiger partial charge in [0.25, 0.3) is 0 Å². The fraction of sp³-hybridized carbons (Fsp3) is 0.450. The molecule has 1 saturated heterocycles. The molecule has 3 nitrogen and oxygen atoms in total. The molecule has 0 spiro atoms. The van der Waals surface area contributed by atoms with Crippen LogP contribution in [0.4, 0.5) is 9.18 Å². The molecule has 0 aliphatic carbocycles. The summed E-state index contributed by atoms with van der Waals surface area (Å²) in [6.07, 6.45) is 1.59. The molecule has 1 fully saturated rings. The van der Waals surface area contributed by atoms with Crippen LogP contribution in [0.1, 0.15) is 44.4 Å². The summed E-state index contributed by atoms with van der Waals surface area (Å²) in [5.74, 6) is 0.236. The Kier molecular flexibility index (Phi) is 5.13. The molecule has 1 aromatic heterocycles. The molecule has 0 atom stereocenters. The van der Waals surface area contributed by atoms with E-state index >= 15 is 0 Å². The van der Waals surface area contributed by atoms with Crippen LogP contribution >= 0.6 is 11.3 Å². The van der Waals surface area contributed by atoms with E-state index in [4.69, 9.17) is 4.74 Å². The second-order valence-corrected chi connectivity index (χ2v) is 8.54. The van der Waals surface area contributed by atoms with Crippen molar-refractivity contribution in [2.45, 2.75) is 45.1 Å². The van der Waals surface area contributed by atoms with Crippen molar-refractivity contribution in [2.75, 3.05) is 13.1 Å². The molecule has 0 bridgehead atoms. The summed E-state index contributed by atoms with van der Waals surface area (Å²) < 4.78 is 19.4. The number of likely N-dealkylation sites (tertiary alicyclic amines) is 1. The van der Waals surface area contributed by atoms with Gasteiger partial charge in [-0.05, 0) is 57.7 Å². The third-order valence-corrected chi connectivity index (χ3v) is 5.60. The third-order valence-electron chi connectivity index (χ3n) is 4.32. The third kappa shape index (κ3) is 4.40. The summed E-state index contributed by atoms with van der Waals surface area (Å²) >= 11 is 1.65. The molecule has 134 valence electrons. The summed E-state index contributed by atoms with van der Waals surface area (Å²) in [4.78, 5) is 16.2. The summed E-state index contributed by atoms with van der Waals surface area (Å²) in [6, 6.07) is 11.0. The Morgan fingerprint density at radius 2 is 1.84 bits per heavy atom. The Morgan fingerprint density at radius 3 is 2.48 bits per heavy atom. The van der Waals surface area contributed by atoms with Crippen LogP contribution in [-0.2, 0) is 4.74 Å². The van der Waals surface area contributed by atoms with Crippen LogP contribution < -0.4 is 0 Å². The van der Waals surface area contributed by atoms with E-state index in [1.54, 1.807) is 22.3 Å². The van der Waals surface area contributed by atoms with Crippen LogP contribution in [0.15, 0.2) is 36.4 Å². The molecule has 0 N–H and O–H groups in total. The van der Waals surface area contributed by atoms with Crippen molar-refractivity contribution in [3.05, 3.63) is 47.1 Å². The minimum Gasteiger partial charge on any atom is -0.444 e. The highest BCUT2D eigenvalue weighted by atomic mass is 32.1. The molecule has 5 heteroatoms. The summed E-state index contributed by atoms with van der Waals surface area (Å²) in [7, 11) is 0. The van der Waals surface area contributed by atoms with Gasteiger partial charge >= 0.3 is 6.09 Å². The smallest absolute Gasteiger partial charge is 0.410 e. The van der Waals surface area contributed by atoms with E-state index in [1.165, 1.54) is 10.9 Å². The van der Waals surface area contributed by atoms with Gasteiger partial charge in [0.15, 0.2) is 0 Å². The number of piperidine rings is 1. The number of benzene rings is 1. The lowest BCUT2D eigenvalue weighted by atomic mass is 9.95. The van der Waals surface area contributed by atoms with Gasteiger partial charge in [0.05, 0.1) is 0 Å². The molecular weight excluding hydrogens is 337 g/mol. The lowest BCUT2D eigenvalue weighted by Crippen LogP contribution is -2.41. The first kappa shape index (κ1) is 17.9. The maximum Gasteiger partial charge on any atom is 0.410 e. The average molecular weight is 361 g/mol. The summed E-state index contributed by atoms with van der Waals surface area (Å²) in [5.41, 5.74) is 0.195. The average Bonchev–Trinajstić information content (AvgIpc) is 3.03. The standard InChI is InChI=1S/C20H24FNO2S/c1-20(2,3)24-19(23)22-12-10-14(11-13-22)17-8-9-18(25-17)15-6-4-5-7-16(15)21/h4-9,14H,10-13H2,1-3H3. The number of carbonyl (C=O) groups excluding carboxylic acids is 1. The van der Waals surface area contributed by atoms with Gasteiger partial charge in [-0.2, -0.15) is 0 Å². The van der Waals surface area contributed by atoms with Crippen LogP contribution in [0.5, 0.6) is 0 Å². The minimum atomic E-state index is -0.462. The predicted molar refractivity (Wildman–Crippen MR) is 99.5 cm³/mol. The number of halogens is 1. The van der Waals surface area contributed by atoms with Crippen molar-refractivity contribution in [1.82, 2.24) is 4.90 Å². The quantitative estimate of drug-likeness (QED) is 0.690. The monoisotopic (exact) mass is 361 g/mol. The first-order chi connectivity index (χ1) is 11.8. The Hall–Kier alpha value is -1.88. The minimum absolute atomic E-state index is 0.185. The molecule has 0 saturated carbocycles. The van der Waals surface area contributed by atoms with Gasteiger partial charge in [-0.25, -0.2) is 9.18 Å². The number of thiophene rings is 1. The first-order valence-electron chi connectivity index (χ1n) is 8.66. The Morgan fingerprint density at radius 1 is 1.16 bits per heavy atom. The molecule has 3 rings (SSSR count). The maximum atomic E-state index is 14.0. The summed E-state index contributed by atoms with van der Waals surface area (Å²) in [6.45, 7) is 7.05. The van der Waals surface area contributed by atoms with Crippen molar-refractivity contribution in [1.29, 1.82) is 0 Å². The number of nitrogens with zero attached hydrogens (tertiary/aromatic N) is 1. The van der Waals surface area contributed by atoms with Gasteiger partial charge in [-0.1, -0.05) is 18.2 Å². The van der Waals surface area contributed by atoms with E-state index in [9.17, 15) is 9.18 Å². The zero-order chi connectivity index (χ0) is 18.0. The molecule has 25 heavy (non-hydrogen) atoms. The largest absolute Gasteiger partial charge is 0.444 e. The Bertz CT molecular complexity index is 742. The Balaban J connectivity index is 1.63. The number of carbonyl (C=O) groups is 1. The molecule has 1 amide bonds. The molecular formula is C20H24FNO2S. The fourth-order valence-electron chi connectivity index (χ4n) is 3.05. The number of hydrogen-bond acceptors (Lipinski definition) is 3. The highest BCUT2D eigenvalue weighted by Crippen LogP contribution is 2.37. The Labute approximate surface area is 152 Å². The van der Waals surface area contributed by atoms with Gasteiger partial charge in [0.2, 0.25) is 0 Å². The fourth-order valence-corrected chi connectivity index (χ4v) is 4.26. The zero-order valence-corrected chi connectivity index (χ0v) is 15.7. The molecule has 0 radical (unpaired) electrons. The van der Waals surface area contributed by atoms with Gasteiger partial charge in [-0.15, -0.1) is 11.3 Å². The lowest BCUT2D eigenvalue weighted by molar-refractivity contribution is 0.0205. The number of hydrogen-bond donors (Lipinski definition) is 0.